The first-order valence-electron chi connectivity index (χ1n) is 7.50. The second-order valence-electron chi connectivity index (χ2n) is 5.34. The van der Waals surface area contributed by atoms with Crippen molar-refractivity contribution in [2.45, 2.75) is 30.5 Å². The van der Waals surface area contributed by atoms with E-state index in [9.17, 15) is 0 Å². The Balaban J connectivity index is 1.56. The number of thioether (sulfide) groups is 1. The lowest BCUT2D eigenvalue weighted by Gasteiger charge is -2.25. The zero-order valence-electron chi connectivity index (χ0n) is 12.7. The van der Waals surface area contributed by atoms with Gasteiger partial charge in [-0.3, -0.25) is 0 Å². The molecule has 1 aliphatic rings. The SMILES string of the molecule is Cc1ncc(-c2nnc(SCCN3CCCCC3)s2)c(N)n1. The van der Waals surface area contributed by atoms with E-state index in [2.05, 4.69) is 25.1 Å². The minimum absolute atomic E-state index is 0.466. The van der Waals surface area contributed by atoms with Crippen LogP contribution in [-0.4, -0.2) is 50.5 Å². The van der Waals surface area contributed by atoms with E-state index in [4.69, 9.17) is 5.73 Å². The number of likely N-dealkylation sites (tertiary alicyclic amines) is 1. The van der Waals surface area contributed by atoms with Crippen LogP contribution in [0, 0.1) is 6.92 Å². The molecule has 118 valence electrons. The number of aromatic nitrogens is 4. The van der Waals surface area contributed by atoms with Crippen LogP contribution in [0.2, 0.25) is 0 Å². The molecule has 0 saturated carbocycles. The van der Waals surface area contributed by atoms with Crippen LogP contribution in [0.25, 0.3) is 10.6 Å². The van der Waals surface area contributed by atoms with E-state index < -0.39 is 0 Å². The lowest BCUT2D eigenvalue weighted by molar-refractivity contribution is 0.242. The van der Waals surface area contributed by atoms with Crippen LogP contribution < -0.4 is 5.73 Å². The van der Waals surface area contributed by atoms with Gasteiger partial charge in [-0.25, -0.2) is 9.97 Å². The van der Waals surface area contributed by atoms with Gasteiger partial charge in [0.2, 0.25) is 0 Å². The first-order chi connectivity index (χ1) is 10.7. The average molecular weight is 336 g/mol. The van der Waals surface area contributed by atoms with Crippen LogP contribution in [0.3, 0.4) is 0 Å². The summed E-state index contributed by atoms with van der Waals surface area (Å²) >= 11 is 3.32. The summed E-state index contributed by atoms with van der Waals surface area (Å²) in [5.41, 5.74) is 6.70. The maximum atomic E-state index is 5.93. The van der Waals surface area contributed by atoms with E-state index in [0.717, 1.165) is 27.2 Å². The van der Waals surface area contributed by atoms with Crippen molar-refractivity contribution in [3.8, 4) is 10.6 Å². The van der Waals surface area contributed by atoms with Crippen molar-refractivity contribution in [2.24, 2.45) is 0 Å². The van der Waals surface area contributed by atoms with Crippen molar-refractivity contribution in [1.82, 2.24) is 25.1 Å². The molecule has 0 bridgehead atoms. The number of anilines is 1. The fourth-order valence-electron chi connectivity index (χ4n) is 2.47. The highest BCUT2D eigenvalue weighted by Crippen LogP contribution is 2.31. The standard InChI is InChI=1S/C14H20N6S2/c1-10-16-9-11(12(15)17-10)13-18-19-14(22-13)21-8-7-20-5-3-2-4-6-20/h9H,2-8H2,1H3,(H2,15,16,17). The van der Waals surface area contributed by atoms with Gasteiger partial charge in [0.05, 0.1) is 5.56 Å². The smallest absolute Gasteiger partial charge is 0.174 e. The molecule has 0 aliphatic carbocycles. The lowest BCUT2D eigenvalue weighted by Crippen LogP contribution is -2.31. The molecule has 3 heterocycles. The first-order valence-corrected chi connectivity index (χ1v) is 9.31. The average Bonchev–Trinajstić information content (AvgIpc) is 2.97. The second kappa shape index (κ2) is 7.34. The van der Waals surface area contributed by atoms with Gasteiger partial charge in [0.15, 0.2) is 9.35 Å². The van der Waals surface area contributed by atoms with Crippen LogP contribution in [0.5, 0.6) is 0 Å². The van der Waals surface area contributed by atoms with Gasteiger partial charge in [0.25, 0.3) is 0 Å². The summed E-state index contributed by atoms with van der Waals surface area (Å²) in [7, 11) is 0. The largest absolute Gasteiger partial charge is 0.383 e. The Morgan fingerprint density at radius 2 is 2.09 bits per heavy atom. The Kier molecular flexibility index (Phi) is 5.22. The highest BCUT2D eigenvalue weighted by molar-refractivity contribution is 8.01. The van der Waals surface area contributed by atoms with Gasteiger partial charge in [0.1, 0.15) is 11.6 Å². The molecule has 0 spiro atoms. The number of nitrogen functional groups attached to an aromatic ring is 1. The van der Waals surface area contributed by atoms with Crippen LogP contribution in [-0.2, 0) is 0 Å². The fraction of sp³-hybridized carbons (Fsp3) is 0.571. The summed E-state index contributed by atoms with van der Waals surface area (Å²) in [6.45, 7) is 5.41. The molecular formula is C14H20N6S2. The molecule has 6 nitrogen and oxygen atoms in total. The Morgan fingerprint density at radius 3 is 2.86 bits per heavy atom. The van der Waals surface area contributed by atoms with Crippen molar-refractivity contribution in [3.63, 3.8) is 0 Å². The third-order valence-electron chi connectivity index (χ3n) is 3.66. The first kappa shape index (κ1) is 15.6. The molecule has 0 aromatic carbocycles. The summed E-state index contributed by atoms with van der Waals surface area (Å²) < 4.78 is 0.979. The van der Waals surface area contributed by atoms with Gasteiger partial charge < -0.3 is 10.6 Å². The lowest BCUT2D eigenvalue weighted by atomic mass is 10.1. The van der Waals surface area contributed by atoms with E-state index in [1.165, 1.54) is 32.4 Å². The summed E-state index contributed by atoms with van der Waals surface area (Å²) in [4.78, 5) is 10.9. The number of nitrogens with two attached hydrogens (primary N) is 1. The predicted molar refractivity (Wildman–Crippen MR) is 91.1 cm³/mol. The van der Waals surface area contributed by atoms with E-state index in [1.807, 2.05) is 6.92 Å². The Hall–Kier alpha value is -1.25. The van der Waals surface area contributed by atoms with Crippen molar-refractivity contribution >= 4 is 28.9 Å². The van der Waals surface area contributed by atoms with Crippen LogP contribution in [0.15, 0.2) is 10.5 Å². The molecule has 2 N–H and O–H groups in total. The van der Waals surface area contributed by atoms with Gasteiger partial charge >= 0.3 is 0 Å². The van der Waals surface area contributed by atoms with Gasteiger partial charge in [0, 0.05) is 18.5 Å². The van der Waals surface area contributed by atoms with Gasteiger partial charge in [-0.15, -0.1) is 10.2 Å². The Bertz CT molecular complexity index is 624. The molecule has 8 heteroatoms. The molecule has 1 fully saturated rings. The third kappa shape index (κ3) is 3.93. The zero-order chi connectivity index (χ0) is 15.4. The van der Waals surface area contributed by atoms with E-state index >= 15 is 0 Å². The number of hydrogen-bond acceptors (Lipinski definition) is 8. The van der Waals surface area contributed by atoms with Crippen LogP contribution >= 0.6 is 23.1 Å². The Labute approximate surface area is 138 Å². The quantitative estimate of drug-likeness (QED) is 0.840. The van der Waals surface area contributed by atoms with Crippen LogP contribution in [0.4, 0.5) is 5.82 Å². The Morgan fingerprint density at radius 1 is 1.27 bits per heavy atom. The maximum absolute atomic E-state index is 5.93. The summed E-state index contributed by atoms with van der Waals surface area (Å²) in [6, 6.07) is 0. The summed E-state index contributed by atoms with van der Waals surface area (Å²) in [6.07, 6.45) is 5.77. The molecule has 3 rings (SSSR count). The van der Waals surface area contributed by atoms with Crippen molar-refractivity contribution in [3.05, 3.63) is 12.0 Å². The molecule has 1 aliphatic heterocycles. The monoisotopic (exact) mass is 336 g/mol. The molecule has 0 radical (unpaired) electrons. The van der Waals surface area contributed by atoms with Crippen LogP contribution in [0.1, 0.15) is 25.1 Å². The molecule has 2 aromatic rings. The predicted octanol–water partition coefficient (Wildman–Crippen LogP) is 2.46. The molecule has 0 atom stereocenters. The zero-order valence-corrected chi connectivity index (χ0v) is 14.3. The molecule has 0 amide bonds. The second-order valence-corrected chi connectivity index (χ2v) is 7.66. The molecule has 1 saturated heterocycles. The molecule has 2 aromatic heterocycles. The van der Waals surface area contributed by atoms with E-state index in [0.29, 0.717) is 11.6 Å². The molecule has 22 heavy (non-hydrogen) atoms. The number of hydrogen-bond donors (Lipinski definition) is 1. The maximum Gasteiger partial charge on any atom is 0.174 e. The minimum atomic E-state index is 0.466. The van der Waals surface area contributed by atoms with Gasteiger partial charge in [-0.1, -0.05) is 29.5 Å². The topological polar surface area (TPSA) is 80.8 Å². The van der Waals surface area contributed by atoms with Gasteiger partial charge in [-0.2, -0.15) is 0 Å². The third-order valence-corrected chi connectivity index (χ3v) is 5.73. The molecule has 0 unspecified atom stereocenters. The van der Waals surface area contributed by atoms with Crippen molar-refractivity contribution < 1.29 is 0 Å². The normalized spacial score (nSPS) is 16.0. The minimum Gasteiger partial charge on any atom is -0.383 e. The summed E-state index contributed by atoms with van der Waals surface area (Å²) in [5, 5.41) is 9.25. The molecular weight excluding hydrogens is 316 g/mol. The fourth-order valence-corrected chi connectivity index (χ4v) is 4.42. The number of piperidine rings is 1. The summed E-state index contributed by atoms with van der Waals surface area (Å²) in [5.74, 6) is 2.18. The highest BCUT2D eigenvalue weighted by Gasteiger charge is 2.13. The van der Waals surface area contributed by atoms with Gasteiger partial charge in [-0.05, 0) is 32.9 Å². The number of aryl methyl sites for hydroxylation is 1. The van der Waals surface area contributed by atoms with E-state index in [-0.39, 0.29) is 0 Å². The van der Waals surface area contributed by atoms with Crippen molar-refractivity contribution in [2.75, 3.05) is 31.1 Å². The van der Waals surface area contributed by atoms with Crippen molar-refractivity contribution in [1.29, 1.82) is 0 Å². The number of rotatable bonds is 5. The van der Waals surface area contributed by atoms with E-state index in [1.54, 1.807) is 29.3 Å². The highest BCUT2D eigenvalue weighted by atomic mass is 32.2. The number of nitrogens with zero attached hydrogens (tertiary/aromatic N) is 5.